The van der Waals surface area contributed by atoms with Gasteiger partial charge in [0.25, 0.3) is 0 Å². The van der Waals surface area contributed by atoms with Crippen LogP contribution in [-0.2, 0) is 12.0 Å². The Bertz CT molecular complexity index is 2160. The zero-order chi connectivity index (χ0) is 39.5. The van der Waals surface area contributed by atoms with Crippen LogP contribution in [0.25, 0.3) is 12.2 Å². The fourth-order valence-electron chi connectivity index (χ4n) is 6.72. The van der Waals surface area contributed by atoms with E-state index in [0.29, 0.717) is 5.88 Å². The van der Waals surface area contributed by atoms with Gasteiger partial charge in [-0.15, -0.1) is 11.6 Å². The lowest BCUT2D eigenvalue weighted by atomic mass is 10.1. The number of rotatable bonds is 11. The summed E-state index contributed by atoms with van der Waals surface area (Å²) in [5.41, 5.74) is 4.79. The molecule has 0 N–H and O–H groups in total. The lowest BCUT2D eigenvalue weighted by Crippen LogP contribution is -3.00. The molecule has 0 unspecified atom stereocenters. The quantitative estimate of drug-likeness (QED) is 0.0902. The zero-order valence-corrected chi connectivity index (χ0v) is 35.9. The second-order valence-electron chi connectivity index (χ2n) is 13.3. The summed E-state index contributed by atoms with van der Waals surface area (Å²) in [4.78, 5) is 0. The Kier molecular flexibility index (Phi) is 17.5. The molecule has 58 heavy (non-hydrogen) atoms. The van der Waals surface area contributed by atoms with E-state index in [0.717, 1.165) is 22.9 Å². The molecule has 0 fully saturated rings. The van der Waals surface area contributed by atoms with Crippen molar-refractivity contribution in [2.75, 3.05) is 0 Å². The van der Waals surface area contributed by atoms with Crippen molar-refractivity contribution >= 4 is 70.8 Å². The Morgan fingerprint density at radius 3 is 0.931 bits per heavy atom. The van der Waals surface area contributed by atoms with Crippen LogP contribution >= 0.6 is 26.8 Å². The molecule has 0 radical (unpaired) electrons. The van der Waals surface area contributed by atoms with E-state index in [1.807, 2.05) is 36.4 Å². The molecule has 8 aromatic rings. The Morgan fingerprint density at radius 1 is 0.379 bits per heavy atom. The highest BCUT2D eigenvalue weighted by atomic mass is 35.5. The molecule has 0 aromatic heterocycles. The predicted molar refractivity (Wildman–Crippen MR) is 257 cm³/mol. The summed E-state index contributed by atoms with van der Waals surface area (Å²) in [6.07, 6.45) is 4.72. The molecule has 0 aliphatic rings. The first kappa shape index (κ1) is 43.8. The number of hydrogen-bond donors (Lipinski definition) is 0. The summed E-state index contributed by atoms with van der Waals surface area (Å²) in [6.45, 7) is 7.54. The minimum Gasteiger partial charge on any atom is -1.00 e. The highest BCUT2D eigenvalue weighted by molar-refractivity contribution is 7.95. The molecule has 8 aromatic carbocycles. The van der Waals surface area contributed by atoms with Gasteiger partial charge < -0.3 is 12.4 Å². The first-order chi connectivity index (χ1) is 28.1. The van der Waals surface area contributed by atoms with E-state index in [1.165, 1.54) is 37.4 Å². The largest absolute Gasteiger partial charge is 1.00 e. The van der Waals surface area contributed by atoms with Crippen LogP contribution < -0.4 is 44.2 Å². The number of hydrogen-bond acceptors (Lipinski definition) is 0. The van der Waals surface area contributed by atoms with Crippen LogP contribution in [0.2, 0.25) is 0 Å². The fraction of sp³-hybridized carbons (Fsp3) is 0.0370. The van der Waals surface area contributed by atoms with Gasteiger partial charge in [0.2, 0.25) is 0 Å². The van der Waals surface area contributed by atoms with E-state index in [9.17, 15) is 0 Å². The van der Waals surface area contributed by atoms with Crippen molar-refractivity contribution in [3.05, 3.63) is 266 Å². The maximum Gasteiger partial charge on any atom is 0.116 e. The molecule has 0 spiro atoms. The topological polar surface area (TPSA) is 0 Å². The standard InChI is InChI=1S/C27H24P.C18H15P.C9H9Cl.ClH/c1-2-23-18-20-24(21-19-23)22-28(25-12-6-3-7-13-25,26-14-8-4-9-15-26)27-16-10-5-11-17-27;1-4-10-16(11-5-1)19(17-12-6-2-7-13-17)18-14-8-3-9-15-18;1-2-8-3-5-9(7-10)6-4-8;/h2-21H,1,22H2;1-15H;2-6H,1,7H2;1H/q+1;;;/p-1. The SMILES string of the molecule is C=Cc1ccc(CCl)cc1.C=Cc1ccc(C[P+](c2ccccc2)(c2ccccc2)c2ccccc2)cc1.[Cl-].c1ccc(P(c2ccccc2)c2ccccc2)cc1. The molecule has 0 saturated heterocycles. The van der Waals surface area contributed by atoms with Gasteiger partial charge in [0.05, 0.1) is 6.16 Å². The van der Waals surface area contributed by atoms with Crippen molar-refractivity contribution in [2.45, 2.75) is 12.0 Å². The molecule has 4 heteroatoms. The van der Waals surface area contributed by atoms with Crippen molar-refractivity contribution in [1.29, 1.82) is 0 Å². The Labute approximate surface area is 359 Å². The maximum absolute atomic E-state index is 5.60. The predicted octanol–water partition coefficient (Wildman–Crippen LogP) is 9.34. The van der Waals surface area contributed by atoms with E-state index in [1.54, 1.807) is 0 Å². The van der Waals surface area contributed by atoms with Crippen LogP contribution in [0.5, 0.6) is 0 Å². The minimum atomic E-state index is -1.82. The van der Waals surface area contributed by atoms with Crippen LogP contribution in [-0.4, -0.2) is 0 Å². The van der Waals surface area contributed by atoms with Crippen LogP contribution in [0.4, 0.5) is 0 Å². The Balaban J connectivity index is 0.000000184. The Morgan fingerprint density at radius 2 is 0.655 bits per heavy atom. The van der Waals surface area contributed by atoms with E-state index >= 15 is 0 Å². The van der Waals surface area contributed by atoms with Crippen LogP contribution in [0, 0.1) is 0 Å². The summed E-state index contributed by atoms with van der Waals surface area (Å²) in [6, 6.07) is 82.3. The highest BCUT2D eigenvalue weighted by Gasteiger charge is 2.45. The molecule has 0 atom stereocenters. The summed E-state index contributed by atoms with van der Waals surface area (Å²) >= 11 is 5.60. The number of halogens is 2. The van der Waals surface area contributed by atoms with Gasteiger partial charge in [0.15, 0.2) is 0 Å². The maximum atomic E-state index is 5.60. The summed E-state index contributed by atoms with van der Waals surface area (Å²) in [5.74, 6) is 0.581. The van der Waals surface area contributed by atoms with E-state index < -0.39 is 15.2 Å². The molecule has 0 bridgehead atoms. The van der Waals surface area contributed by atoms with Crippen molar-refractivity contribution < 1.29 is 12.4 Å². The first-order valence-corrected chi connectivity index (χ1v) is 23.0. The van der Waals surface area contributed by atoms with E-state index in [2.05, 4.69) is 219 Å². The van der Waals surface area contributed by atoms with Crippen molar-refractivity contribution in [2.24, 2.45) is 0 Å². The molecule has 0 nitrogen and oxygen atoms in total. The third-order valence-corrected chi connectivity index (χ3v) is 16.8. The van der Waals surface area contributed by atoms with Gasteiger partial charge in [0.1, 0.15) is 23.2 Å². The number of benzene rings is 8. The molecule has 8 rings (SSSR count). The summed E-state index contributed by atoms with van der Waals surface area (Å²) in [7, 11) is -2.27. The van der Waals surface area contributed by atoms with Crippen LogP contribution in [0.3, 0.4) is 0 Å². The lowest BCUT2D eigenvalue weighted by molar-refractivity contribution is -0.0000108. The third-order valence-electron chi connectivity index (χ3n) is 9.64. The van der Waals surface area contributed by atoms with Gasteiger partial charge in [-0.1, -0.05) is 219 Å². The van der Waals surface area contributed by atoms with E-state index in [-0.39, 0.29) is 12.4 Å². The second-order valence-corrected chi connectivity index (χ2v) is 19.3. The first-order valence-electron chi connectivity index (χ1n) is 19.1. The molecular formula is C54H48Cl2P2. The molecule has 0 aliphatic carbocycles. The summed E-state index contributed by atoms with van der Waals surface area (Å²) in [5, 5.41) is 8.44. The molecule has 0 aliphatic heterocycles. The summed E-state index contributed by atoms with van der Waals surface area (Å²) < 4.78 is 0. The third kappa shape index (κ3) is 11.6. The zero-order valence-electron chi connectivity index (χ0n) is 32.6. The monoisotopic (exact) mass is 828 g/mol. The normalized spacial score (nSPS) is 10.4. The smallest absolute Gasteiger partial charge is 0.116 e. The van der Waals surface area contributed by atoms with Crippen LogP contribution in [0.15, 0.2) is 244 Å². The number of alkyl halides is 1. The van der Waals surface area contributed by atoms with Crippen molar-refractivity contribution in [1.82, 2.24) is 0 Å². The Hall–Kier alpha value is -5.32. The second kappa shape index (κ2) is 23.2. The van der Waals surface area contributed by atoms with Crippen molar-refractivity contribution in [3.8, 4) is 0 Å². The van der Waals surface area contributed by atoms with Gasteiger partial charge in [0, 0.05) is 5.88 Å². The minimum absolute atomic E-state index is 0. The highest BCUT2D eigenvalue weighted by Crippen LogP contribution is 2.58. The van der Waals surface area contributed by atoms with Crippen molar-refractivity contribution in [3.63, 3.8) is 0 Å². The van der Waals surface area contributed by atoms with Gasteiger partial charge in [-0.2, -0.15) is 0 Å². The van der Waals surface area contributed by atoms with E-state index in [4.69, 9.17) is 11.6 Å². The lowest BCUT2D eigenvalue weighted by Gasteiger charge is -2.27. The molecule has 0 saturated carbocycles. The molecule has 288 valence electrons. The average molecular weight is 830 g/mol. The van der Waals surface area contributed by atoms with Gasteiger partial charge in [-0.05, 0) is 82.5 Å². The van der Waals surface area contributed by atoms with Gasteiger partial charge >= 0.3 is 0 Å². The van der Waals surface area contributed by atoms with Crippen LogP contribution in [0.1, 0.15) is 22.3 Å². The fourth-order valence-corrected chi connectivity index (χ4v) is 13.5. The van der Waals surface area contributed by atoms with Gasteiger partial charge in [-0.3, -0.25) is 0 Å². The molecular weight excluding hydrogens is 781 g/mol. The molecule has 0 amide bonds. The molecule has 0 heterocycles. The van der Waals surface area contributed by atoms with Gasteiger partial charge in [-0.25, -0.2) is 0 Å². The average Bonchev–Trinajstić information content (AvgIpc) is 3.31.